The zero-order valence-corrected chi connectivity index (χ0v) is 16.2. The third-order valence-corrected chi connectivity index (χ3v) is 7.61. The Labute approximate surface area is 156 Å². The lowest BCUT2D eigenvalue weighted by molar-refractivity contribution is 0.383. The van der Waals surface area contributed by atoms with E-state index in [1.807, 2.05) is 38.1 Å². The number of thiophene rings is 1. The topological polar surface area (TPSA) is 76.3 Å². The van der Waals surface area contributed by atoms with Crippen LogP contribution in [0.25, 0.3) is 10.7 Å². The fourth-order valence-electron chi connectivity index (χ4n) is 3.20. The molecule has 0 saturated carbocycles. The minimum Gasteiger partial charge on any atom is -0.339 e. The molecule has 8 heteroatoms. The summed E-state index contributed by atoms with van der Waals surface area (Å²) in [7, 11) is -3.63. The van der Waals surface area contributed by atoms with Gasteiger partial charge in [0.05, 0.1) is 10.6 Å². The van der Waals surface area contributed by atoms with Crippen LogP contribution in [0.3, 0.4) is 0 Å². The van der Waals surface area contributed by atoms with Crippen molar-refractivity contribution in [2.24, 2.45) is 0 Å². The van der Waals surface area contributed by atoms with Gasteiger partial charge >= 0.3 is 0 Å². The van der Waals surface area contributed by atoms with Crippen LogP contribution in [0.4, 0.5) is 5.69 Å². The molecule has 3 heterocycles. The molecule has 3 aromatic rings. The molecule has 0 fully saturated rings. The van der Waals surface area contributed by atoms with Gasteiger partial charge in [0.15, 0.2) is 0 Å². The Morgan fingerprint density at radius 3 is 2.88 bits per heavy atom. The first kappa shape index (κ1) is 17.2. The average molecular weight is 390 g/mol. The third-order valence-electron chi connectivity index (χ3n) is 4.50. The number of nitrogens with zero attached hydrogens (tertiary/aromatic N) is 3. The summed E-state index contributed by atoms with van der Waals surface area (Å²) in [5.41, 5.74) is 1.85. The molecule has 0 amide bonds. The summed E-state index contributed by atoms with van der Waals surface area (Å²) in [6.45, 7) is 4.24. The smallest absolute Gasteiger partial charge is 0.265 e. The highest BCUT2D eigenvalue weighted by atomic mass is 32.2. The Balaban J connectivity index is 1.76. The minimum absolute atomic E-state index is 0.317. The quantitative estimate of drug-likeness (QED) is 0.678. The fourth-order valence-corrected chi connectivity index (χ4v) is 6.23. The summed E-state index contributed by atoms with van der Waals surface area (Å²) in [4.78, 5) is 6.06. The molecule has 6 nitrogen and oxygen atoms in total. The highest BCUT2D eigenvalue weighted by Gasteiger charge is 2.31. The summed E-state index contributed by atoms with van der Waals surface area (Å²) in [6.07, 6.45) is 2.36. The van der Waals surface area contributed by atoms with E-state index in [2.05, 4.69) is 10.1 Å². The zero-order valence-electron chi connectivity index (χ0n) is 14.6. The van der Waals surface area contributed by atoms with Gasteiger partial charge in [-0.2, -0.15) is 4.98 Å². The first-order chi connectivity index (χ1) is 12.5. The van der Waals surface area contributed by atoms with Crippen molar-refractivity contribution in [2.75, 3.05) is 10.8 Å². The minimum atomic E-state index is -3.63. The van der Waals surface area contributed by atoms with Crippen molar-refractivity contribution < 1.29 is 12.9 Å². The predicted octanol–water partition coefficient (Wildman–Crippen LogP) is 3.81. The van der Waals surface area contributed by atoms with Gasteiger partial charge in [-0.3, -0.25) is 4.31 Å². The number of anilines is 1. The van der Waals surface area contributed by atoms with Crippen molar-refractivity contribution in [3.63, 3.8) is 0 Å². The molecular formula is C18H19N3O3S2. The second kappa shape index (κ2) is 6.51. The van der Waals surface area contributed by atoms with E-state index in [1.54, 1.807) is 6.07 Å². The normalized spacial score (nSPS) is 14.5. The number of benzene rings is 1. The summed E-state index contributed by atoms with van der Waals surface area (Å²) in [6, 6.07) is 9.36. The number of sulfonamides is 1. The first-order valence-electron chi connectivity index (χ1n) is 8.54. The van der Waals surface area contributed by atoms with Crippen LogP contribution in [0, 0.1) is 6.92 Å². The number of rotatable bonds is 4. The van der Waals surface area contributed by atoms with Gasteiger partial charge < -0.3 is 4.52 Å². The molecule has 0 spiro atoms. The standard InChI is InChI=1S/C18H19N3O3S2/c1-3-17-19-18(20-24-17)15-11-16(12(2)25-15)26(22,23)21-10-6-8-13-7-4-5-9-14(13)21/h4-5,7,9,11H,3,6,8,10H2,1-2H3. The van der Waals surface area contributed by atoms with Gasteiger partial charge in [0.25, 0.3) is 10.0 Å². The molecule has 0 aliphatic carbocycles. The second-order valence-corrected chi connectivity index (χ2v) is 9.29. The highest BCUT2D eigenvalue weighted by molar-refractivity contribution is 7.93. The van der Waals surface area contributed by atoms with Crippen molar-refractivity contribution in [1.29, 1.82) is 0 Å². The lowest BCUT2D eigenvalue weighted by Crippen LogP contribution is -2.35. The molecule has 0 radical (unpaired) electrons. The molecule has 0 atom stereocenters. The number of hydrogen-bond donors (Lipinski definition) is 0. The van der Waals surface area contributed by atoms with E-state index >= 15 is 0 Å². The van der Waals surface area contributed by atoms with E-state index < -0.39 is 10.0 Å². The molecule has 0 bridgehead atoms. The van der Waals surface area contributed by atoms with Crippen molar-refractivity contribution >= 4 is 27.0 Å². The van der Waals surface area contributed by atoms with Gasteiger partial charge in [-0.1, -0.05) is 30.3 Å². The number of hydrogen-bond acceptors (Lipinski definition) is 6. The van der Waals surface area contributed by atoms with Crippen LogP contribution in [0.15, 0.2) is 39.8 Å². The fraction of sp³-hybridized carbons (Fsp3) is 0.333. The van der Waals surface area contributed by atoms with Gasteiger partial charge in [0, 0.05) is 17.8 Å². The summed E-state index contributed by atoms with van der Waals surface area (Å²) in [5, 5.41) is 3.96. The van der Waals surface area contributed by atoms with Crippen LogP contribution >= 0.6 is 11.3 Å². The lowest BCUT2D eigenvalue weighted by Gasteiger charge is -2.30. The largest absolute Gasteiger partial charge is 0.339 e. The van der Waals surface area contributed by atoms with Crippen molar-refractivity contribution in [2.45, 2.75) is 38.0 Å². The van der Waals surface area contributed by atoms with Gasteiger partial charge in [-0.25, -0.2) is 8.42 Å². The molecule has 4 rings (SSSR count). The van der Waals surface area contributed by atoms with Gasteiger partial charge in [0.1, 0.15) is 4.90 Å². The predicted molar refractivity (Wildman–Crippen MR) is 101 cm³/mol. The monoisotopic (exact) mass is 389 g/mol. The Hall–Kier alpha value is -2.19. The van der Waals surface area contributed by atoms with Crippen molar-refractivity contribution in [1.82, 2.24) is 10.1 Å². The molecule has 0 N–H and O–H groups in total. The number of aryl methyl sites for hydroxylation is 3. The third kappa shape index (κ3) is 2.83. The van der Waals surface area contributed by atoms with E-state index in [0.29, 0.717) is 34.5 Å². The van der Waals surface area contributed by atoms with Crippen LogP contribution in [-0.4, -0.2) is 25.1 Å². The number of para-hydroxylation sites is 1. The number of fused-ring (bicyclic) bond motifs is 1. The van der Waals surface area contributed by atoms with Crippen LogP contribution in [0.1, 0.15) is 29.7 Å². The van der Waals surface area contributed by atoms with Crippen LogP contribution in [0.2, 0.25) is 0 Å². The van der Waals surface area contributed by atoms with Crippen LogP contribution in [0.5, 0.6) is 0 Å². The van der Waals surface area contributed by atoms with Crippen LogP contribution in [-0.2, 0) is 22.9 Å². The van der Waals surface area contributed by atoms with E-state index in [9.17, 15) is 8.42 Å². The molecule has 0 unspecified atom stereocenters. The number of aromatic nitrogens is 2. The molecular weight excluding hydrogens is 370 g/mol. The second-order valence-electron chi connectivity index (χ2n) is 6.21. The Bertz CT molecular complexity index is 1050. The maximum absolute atomic E-state index is 13.3. The molecule has 2 aromatic heterocycles. The Morgan fingerprint density at radius 2 is 2.12 bits per heavy atom. The van der Waals surface area contributed by atoms with Crippen molar-refractivity contribution in [3.05, 3.63) is 46.7 Å². The summed E-state index contributed by atoms with van der Waals surface area (Å²) in [5.74, 6) is 0.982. The van der Waals surface area contributed by atoms with E-state index in [0.717, 1.165) is 29.0 Å². The highest BCUT2D eigenvalue weighted by Crippen LogP contribution is 2.37. The SMILES string of the molecule is CCc1nc(-c2cc(S(=O)(=O)N3CCCc4ccccc43)c(C)s2)no1. The van der Waals surface area contributed by atoms with Gasteiger partial charge in [-0.15, -0.1) is 11.3 Å². The molecule has 1 aliphatic heterocycles. The Kier molecular flexibility index (Phi) is 4.32. The van der Waals surface area contributed by atoms with Gasteiger partial charge in [0.2, 0.25) is 11.7 Å². The average Bonchev–Trinajstić information content (AvgIpc) is 3.27. The maximum Gasteiger partial charge on any atom is 0.265 e. The maximum atomic E-state index is 13.3. The molecule has 136 valence electrons. The van der Waals surface area contributed by atoms with Crippen molar-refractivity contribution in [3.8, 4) is 10.7 Å². The summed E-state index contributed by atoms with van der Waals surface area (Å²) < 4.78 is 33.4. The summed E-state index contributed by atoms with van der Waals surface area (Å²) >= 11 is 1.37. The molecule has 1 aromatic carbocycles. The van der Waals surface area contributed by atoms with E-state index in [-0.39, 0.29) is 0 Å². The lowest BCUT2D eigenvalue weighted by atomic mass is 10.0. The Morgan fingerprint density at radius 1 is 1.31 bits per heavy atom. The van der Waals surface area contributed by atoms with Gasteiger partial charge in [-0.05, 0) is 37.5 Å². The van der Waals surface area contributed by atoms with E-state index in [4.69, 9.17) is 4.52 Å². The first-order valence-corrected chi connectivity index (χ1v) is 10.8. The molecule has 0 saturated heterocycles. The van der Waals surface area contributed by atoms with E-state index in [1.165, 1.54) is 15.6 Å². The van der Waals surface area contributed by atoms with Crippen LogP contribution < -0.4 is 4.31 Å². The molecule has 26 heavy (non-hydrogen) atoms. The zero-order chi connectivity index (χ0) is 18.3. The molecule has 1 aliphatic rings.